The number of amides is 1. The first-order chi connectivity index (χ1) is 16.8. The number of anilines is 1. The van der Waals surface area contributed by atoms with Crippen molar-refractivity contribution in [3.8, 4) is 11.5 Å². The predicted molar refractivity (Wildman–Crippen MR) is 139 cm³/mol. The zero-order valence-corrected chi connectivity index (χ0v) is 22.1. The normalized spacial score (nSPS) is 21.1. The van der Waals surface area contributed by atoms with Crippen molar-refractivity contribution in [3.05, 3.63) is 59.4 Å². The van der Waals surface area contributed by atoms with E-state index >= 15 is 0 Å². The van der Waals surface area contributed by atoms with Gasteiger partial charge in [-0.15, -0.1) is 0 Å². The van der Waals surface area contributed by atoms with Crippen molar-refractivity contribution in [2.24, 2.45) is 0 Å². The summed E-state index contributed by atoms with van der Waals surface area (Å²) in [6.07, 6.45) is 5.35. The van der Waals surface area contributed by atoms with Crippen LogP contribution < -0.4 is 14.8 Å². The topological polar surface area (TPSA) is 72.9 Å². The van der Waals surface area contributed by atoms with E-state index in [0.717, 1.165) is 47.0 Å². The van der Waals surface area contributed by atoms with Crippen LogP contribution in [0.15, 0.2) is 48.3 Å². The van der Waals surface area contributed by atoms with Crippen LogP contribution in [0.2, 0.25) is 0 Å². The summed E-state index contributed by atoms with van der Waals surface area (Å²) in [7, 11) is 3.28. The van der Waals surface area contributed by atoms with Gasteiger partial charge in [0.05, 0.1) is 32.8 Å². The van der Waals surface area contributed by atoms with Crippen molar-refractivity contribution >= 4 is 11.7 Å². The largest absolute Gasteiger partial charge is 0.497 e. The molecule has 1 N–H and O–H groups in total. The maximum Gasteiger partial charge on any atom is 0.237 e. The monoisotopic (exact) mass is 481 g/mol. The summed E-state index contributed by atoms with van der Waals surface area (Å²) >= 11 is 0. The van der Waals surface area contributed by atoms with E-state index in [2.05, 4.69) is 24.1 Å². The van der Waals surface area contributed by atoms with E-state index in [1.54, 1.807) is 14.2 Å². The molecule has 3 heterocycles. The second kappa shape index (κ2) is 11.1. The predicted octanol–water partition coefficient (Wildman–Crippen LogP) is 5.31. The molecule has 4 rings (SSSR count). The van der Waals surface area contributed by atoms with Crippen LogP contribution >= 0.6 is 0 Å². The number of aromatic nitrogens is 1. The number of likely N-dealkylation sites (tertiary alicyclic amines) is 1. The second-order valence-corrected chi connectivity index (χ2v) is 9.45. The number of nitrogens with zero attached hydrogens (tertiary/aromatic N) is 2. The average molecular weight is 482 g/mol. The molecule has 35 heavy (non-hydrogen) atoms. The number of benzene rings is 1. The molecule has 1 saturated heterocycles. The second-order valence-electron chi connectivity index (χ2n) is 9.45. The number of pyridine rings is 1. The molecule has 7 heteroatoms. The van der Waals surface area contributed by atoms with Crippen LogP contribution in [0.25, 0.3) is 0 Å². The maximum absolute atomic E-state index is 13.6. The highest BCUT2D eigenvalue weighted by Crippen LogP contribution is 2.47. The lowest BCUT2D eigenvalue weighted by atomic mass is 9.78. The van der Waals surface area contributed by atoms with Gasteiger partial charge in [0.2, 0.25) is 5.91 Å². The van der Waals surface area contributed by atoms with Crippen LogP contribution in [-0.4, -0.2) is 48.8 Å². The van der Waals surface area contributed by atoms with Gasteiger partial charge in [-0.2, -0.15) is 0 Å². The Hall–Kier alpha value is -3.06. The summed E-state index contributed by atoms with van der Waals surface area (Å²) in [6.45, 7) is 12.1. The molecule has 0 radical (unpaired) electrons. The van der Waals surface area contributed by atoms with Crippen LogP contribution in [0.3, 0.4) is 0 Å². The molecule has 2 aromatic rings. The minimum atomic E-state index is -0.618. The molecule has 2 aliphatic heterocycles. The van der Waals surface area contributed by atoms with Crippen molar-refractivity contribution in [1.29, 1.82) is 0 Å². The Labute approximate surface area is 209 Å². The van der Waals surface area contributed by atoms with Gasteiger partial charge in [-0.1, -0.05) is 19.9 Å². The van der Waals surface area contributed by atoms with Crippen molar-refractivity contribution in [2.45, 2.75) is 65.0 Å². The van der Waals surface area contributed by atoms with Gasteiger partial charge in [-0.25, -0.2) is 4.98 Å². The summed E-state index contributed by atoms with van der Waals surface area (Å²) in [5.41, 5.74) is 2.12. The Morgan fingerprint density at radius 2 is 1.89 bits per heavy atom. The Bertz CT molecular complexity index is 1050. The van der Waals surface area contributed by atoms with Gasteiger partial charge in [-0.3, -0.25) is 4.79 Å². The number of rotatable bonds is 7. The van der Waals surface area contributed by atoms with Crippen LogP contribution in [0.1, 0.15) is 58.6 Å². The SMILES string of the molecule is CC.COc1ccc(CNc2ccc(C3(C)CC(C)(C)N(C4=CCOCC4)C3=O)cn2)c(OC)c1. The molecule has 1 unspecified atom stereocenters. The summed E-state index contributed by atoms with van der Waals surface area (Å²) in [4.78, 5) is 20.2. The van der Waals surface area contributed by atoms with Gasteiger partial charge in [0.15, 0.2) is 0 Å². The third kappa shape index (κ3) is 5.45. The van der Waals surface area contributed by atoms with Gasteiger partial charge < -0.3 is 24.4 Å². The van der Waals surface area contributed by atoms with Crippen molar-refractivity contribution < 1.29 is 19.0 Å². The Morgan fingerprint density at radius 3 is 2.49 bits per heavy atom. The number of nitrogens with one attached hydrogen (secondary N) is 1. The van der Waals surface area contributed by atoms with Crippen LogP contribution in [0.4, 0.5) is 5.82 Å². The first kappa shape index (κ1) is 26.5. The highest BCUT2D eigenvalue weighted by molar-refractivity contribution is 5.92. The summed E-state index contributed by atoms with van der Waals surface area (Å²) in [6, 6.07) is 9.69. The van der Waals surface area contributed by atoms with E-state index < -0.39 is 5.41 Å². The highest BCUT2D eigenvalue weighted by atomic mass is 16.5. The molecule has 7 nitrogen and oxygen atoms in total. The number of hydrogen-bond acceptors (Lipinski definition) is 6. The molecular formula is C28H39N3O4. The molecule has 0 bridgehead atoms. The minimum absolute atomic E-state index is 0.131. The molecular weight excluding hydrogens is 442 g/mol. The molecule has 1 aromatic carbocycles. The van der Waals surface area contributed by atoms with E-state index in [-0.39, 0.29) is 11.4 Å². The first-order valence-electron chi connectivity index (χ1n) is 12.3. The molecule has 1 atom stereocenters. The Balaban J connectivity index is 0.00000167. The van der Waals surface area contributed by atoms with Crippen molar-refractivity contribution in [2.75, 3.05) is 32.8 Å². The van der Waals surface area contributed by atoms with E-state index in [4.69, 9.17) is 14.2 Å². The molecule has 0 spiro atoms. The lowest BCUT2D eigenvalue weighted by molar-refractivity contribution is -0.132. The van der Waals surface area contributed by atoms with Gasteiger partial charge in [0, 0.05) is 42.0 Å². The van der Waals surface area contributed by atoms with Crippen molar-refractivity contribution in [1.82, 2.24) is 9.88 Å². The standard InChI is InChI=1S/C26H33N3O4.C2H6/c1-25(2)17-26(3,24(30)29(25)20-10-12-33-13-11-20)19-7-9-23(28-16-19)27-15-18-6-8-21(31-4)14-22(18)32-5;1-2/h6-10,14,16H,11-13,15,17H2,1-5H3,(H,27,28);1-2H3. The molecule has 1 amide bonds. The number of hydrogen-bond donors (Lipinski definition) is 1. The number of ether oxygens (including phenoxy) is 3. The van der Waals surface area contributed by atoms with E-state index in [9.17, 15) is 4.79 Å². The van der Waals surface area contributed by atoms with Gasteiger partial charge >= 0.3 is 0 Å². The highest BCUT2D eigenvalue weighted by Gasteiger charge is 2.54. The van der Waals surface area contributed by atoms with Crippen molar-refractivity contribution in [3.63, 3.8) is 0 Å². The quantitative estimate of drug-likeness (QED) is 0.578. The third-order valence-electron chi connectivity index (χ3n) is 6.65. The fourth-order valence-electron chi connectivity index (χ4n) is 5.02. The smallest absolute Gasteiger partial charge is 0.237 e. The van der Waals surface area contributed by atoms with E-state index in [1.807, 2.05) is 68.3 Å². The van der Waals surface area contributed by atoms with E-state index in [1.165, 1.54) is 0 Å². The van der Waals surface area contributed by atoms with Crippen LogP contribution in [0, 0.1) is 0 Å². The summed E-state index contributed by atoms with van der Waals surface area (Å²) in [5, 5.41) is 3.34. The molecule has 1 aromatic heterocycles. The number of carbonyl (C=O) groups excluding carboxylic acids is 1. The summed E-state index contributed by atoms with van der Waals surface area (Å²) in [5.74, 6) is 2.38. The van der Waals surface area contributed by atoms with Crippen LogP contribution in [-0.2, 0) is 21.5 Å². The van der Waals surface area contributed by atoms with Crippen LogP contribution in [0.5, 0.6) is 11.5 Å². The fourth-order valence-corrected chi connectivity index (χ4v) is 5.02. The zero-order valence-electron chi connectivity index (χ0n) is 22.1. The first-order valence-corrected chi connectivity index (χ1v) is 12.3. The molecule has 1 fully saturated rings. The lowest BCUT2D eigenvalue weighted by Crippen LogP contribution is -2.42. The number of methoxy groups -OCH3 is 2. The van der Waals surface area contributed by atoms with Gasteiger partial charge in [-0.05, 0) is 57.0 Å². The van der Waals surface area contributed by atoms with E-state index in [0.29, 0.717) is 19.8 Å². The third-order valence-corrected chi connectivity index (χ3v) is 6.65. The Morgan fingerprint density at radius 1 is 1.11 bits per heavy atom. The average Bonchev–Trinajstić information content (AvgIpc) is 3.08. The molecule has 190 valence electrons. The molecule has 0 saturated carbocycles. The zero-order chi connectivity index (χ0) is 25.6. The van der Waals surface area contributed by atoms with Gasteiger partial charge in [0.1, 0.15) is 17.3 Å². The number of carbonyl (C=O) groups is 1. The van der Waals surface area contributed by atoms with Gasteiger partial charge in [0.25, 0.3) is 0 Å². The summed E-state index contributed by atoms with van der Waals surface area (Å²) < 4.78 is 16.2. The Kier molecular flexibility index (Phi) is 8.43. The minimum Gasteiger partial charge on any atom is -0.497 e. The maximum atomic E-state index is 13.6. The molecule has 2 aliphatic rings. The lowest BCUT2D eigenvalue weighted by Gasteiger charge is -2.34. The molecule has 0 aliphatic carbocycles. The fraction of sp³-hybridized carbons (Fsp3) is 0.500.